The van der Waals surface area contributed by atoms with Gasteiger partial charge in [0.2, 0.25) is 0 Å². The normalized spacial score (nSPS) is 13.0. The molecule has 3 amide bonds. The van der Waals surface area contributed by atoms with Gasteiger partial charge in [0.1, 0.15) is 29.0 Å². The van der Waals surface area contributed by atoms with Crippen molar-refractivity contribution in [1.82, 2.24) is 9.80 Å². The summed E-state index contributed by atoms with van der Waals surface area (Å²) >= 11 is 1.26. The number of phenols is 1. The summed E-state index contributed by atoms with van der Waals surface area (Å²) in [5.74, 6) is -2.32. The summed E-state index contributed by atoms with van der Waals surface area (Å²) < 4.78 is 11.1. The Morgan fingerprint density at radius 2 is 1.34 bits per heavy atom. The van der Waals surface area contributed by atoms with Gasteiger partial charge >= 0.3 is 18.2 Å². The number of carbonyl (C=O) groups excluding carboxylic acids is 3. The monoisotopic (exact) mass is 588 g/mol. The molecule has 0 unspecified atom stereocenters. The molecule has 0 fully saturated rings. The molecule has 2 rings (SSSR count). The minimum absolute atomic E-state index is 0.0188. The van der Waals surface area contributed by atoms with Crippen molar-refractivity contribution in [3.8, 4) is 5.75 Å². The fraction of sp³-hybridized carbons (Fsp3) is 0.467. The molecule has 0 bridgehead atoms. The fourth-order valence-corrected chi connectivity index (χ4v) is 4.48. The molecule has 0 aliphatic carbocycles. The Labute approximate surface area is 245 Å². The number of aromatic hydroxyl groups is 1. The Kier molecular flexibility index (Phi) is 11.6. The van der Waals surface area contributed by atoms with Crippen LogP contribution in [0.25, 0.3) is 0 Å². The summed E-state index contributed by atoms with van der Waals surface area (Å²) in [7, 11) is 0. The van der Waals surface area contributed by atoms with Crippen molar-refractivity contribution in [1.29, 1.82) is 0 Å². The molecule has 0 aliphatic heterocycles. The van der Waals surface area contributed by atoms with Gasteiger partial charge in [-0.15, -0.1) is 0 Å². The van der Waals surface area contributed by atoms with Crippen LogP contribution in [0.4, 0.5) is 9.59 Å². The maximum atomic E-state index is 14.3. The molecule has 2 aromatic carbocycles. The molecule has 41 heavy (non-hydrogen) atoms. The van der Waals surface area contributed by atoms with Gasteiger partial charge in [-0.2, -0.15) is 11.8 Å². The van der Waals surface area contributed by atoms with E-state index in [1.54, 1.807) is 72.1 Å². The van der Waals surface area contributed by atoms with E-state index in [0.29, 0.717) is 16.0 Å². The molecule has 0 aliphatic rings. The van der Waals surface area contributed by atoms with Crippen LogP contribution in [0.15, 0.2) is 54.6 Å². The third kappa shape index (κ3) is 10.6. The van der Waals surface area contributed by atoms with Crippen LogP contribution in [0.2, 0.25) is 0 Å². The summed E-state index contributed by atoms with van der Waals surface area (Å²) in [4.78, 5) is 55.7. The second kappa shape index (κ2) is 14.2. The molecule has 2 N–H and O–H groups in total. The first-order valence-electron chi connectivity index (χ1n) is 13.1. The highest BCUT2D eigenvalue weighted by Crippen LogP contribution is 2.23. The minimum atomic E-state index is -1.66. The second-order valence-corrected chi connectivity index (χ2v) is 12.4. The van der Waals surface area contributed by atoms with Gasteiger partial charge in [-0.3, -0.25) is 9.69 Å². The number of rotatable bonds is 10. The molecule has 0 saturated carbocycles. The lowest BCUT2D eigenvalue weighted by Gasteiger charge is -2.37. The lowest BCUT2D eigenvalue weighted by molar-refractivity contribution is -0.151. The number of imide groups is 1. The highest BCUT2D eigenvalue weighted by atomic mass is 32.2. The van der Waals surface area contributed by atoms with Gasteiger partial charge in [0.25, 0.3) is 5.91 Å². The van der Waals surface area contributed by atoms with Crippen LogP contribution in [0.1, 0.15) is 52.7 Å². The first kappa shape index (κ1) is 33.5. The number of phenolic OH excluding ortho intramolecular Hbond substituents is 1. The number of hydrogen-bond donors (Lipinski definition) is 2. The zero-order valence-electron chi connectivity index (χ0n) is 24.6. The second-order valence-electron chi connectivity index (χ2n) is 11.5. The van der Waals surface area contributed by atoms with Crippen molar-refractivity contribution in [2.75, 3.05) is 12.0 Å². The van der Waals surface area contributed by atoms with E-state index < -0.39 is 47.3 Å². The summed E-state index contributed by atoms with van der Waals surface area (Å²) in [6.07, 6.45) is -0.455. The number of carbonyl (C=O) groups is 4. The van der Waals surface area contributed by atoms with E-state index in [9.17, 15) is 29.4 Å². The molecule has 0 radical (unpaired) electrons. The van der Waals surface area contributed by atoms with Crippen molar-refractivity contribution < 1.29 is 38.9 Å². The number of thioether (sulfide) groups is 1. The van der Waals surface area contributed by atoms with Crippen LogP contribution < -0.4 is 0 Å². The number of aliphatic carboxylic acids is 1. The molecular formula is C30H40N2O8S. The quantitative estimate of drug-likeness (QED) is 0.378. The number of carboxylic acid groups (broad SMARTS) is 1. The van der Waals surface area contributed by atoms with Crippen molar-refractivity contribution in [3.63, 3.8) is 0 Å². The third-order valence-corrected chi connectivity index (χ3v) is 6.25. The first-order valence-corrected chi connectivity index (χ1v) is 14.5. The van der Waals surface area contributed by atoms with Gasteiger partial charge in [-0.05, 0) is 71.1 Å². The van der Waals surface area contributed by atoms with E-state index in [1.165, 1.54) is 40.9 Å². The van der Waals surface area contributed by atoms with E-state index in [4.69, 9.17) is 9.47 Å². The number of ether oxygens (including phenoxy) is 2. The lowest BCUT2D eigenvalue weighted by Crippen LogP contribution is -2.59. The first-order chi connectivity index (χ1) is 19.0. The molecule has 224 valence electrons. The number of hydrogen-bond acceptors (Lipinski definition) is 8. The maximum Gasteiger partial charge on any atom is 0.417 e. The fourth-order valence-electron chi connectivity index (χ4n) is 3.84. The SMILES string of the molecule is CSC[C@@H](C(=O)N(C(=O)OC(C)(C)C)[C@@H](Cc1ccc(O)cc1)C(=O)O)N(Cc1ccccc1)C(=O)OC(C)(C)C. The third-order valence-electron chi connectivity index (χ3n) is 5.60. The van der Waals surface area contributed by atoms with Crippen molar-refractivity contribution >= 4 is 35.8 Å². The molecule has 11 heteroatoms. The number of benzene rings is 2. The van der Waals surface area contributed by atoms with Gasteiger partial charge in [0.05, 0.1) is 0 Å². The summed E-state index contributed by atoms with van der Waals surface area (Å²) in [5.41, 5.74) is -0.751. The predicted molar refractivity (Wildman–Crippen MR) is 157 cm³/mol. The Hall–Kier alpha value is -3.73. The average Bonchev–Trinajstić information content (AvgIpc) is 2.85. The highest BCUT2D eigenvalue weighted by molar-refractivity contribution is 7.98. The Morgan fingerprint density at radius 3 is 1.83 bits per heavy atom. The molecule has 0 saturated heterocycles. The van der Waals surface area contributed by atoms with E-state index >= 15 is 0 Å². The van der Waals surface area contributed by atoms with E-state index in [2.05, 4.69) is 0 Å². The van der Waals surface area contributed by atoms with E-state index in [1.807, 2.05) is 6.07 Å². The average molecular weight is 589 g/mol. The molecule has 0 heterocycles. The molecule has 2 aromatic rings. The van der Waals surface area contributed by atoms with Crippen LogP contribution in [0.5, 0.6) is 5.75 Å². The number of nitrogens with zero attached hydrogens (tertiary/aromatic N) is 2. The Bertz CT molecular complexity index is 1190. The van der Waals surface area contributed by atoms with E-state index in [0.717, 1.165) is 0 Å². The van der Waals surface area contributed by atoms with Gasteiger partial charge in [-0.1, -0.05) is 42.5 Å². The summed E-state index contributed by atoms with van der Waals surface area (Å²) in [5, 5.41) is 19.9. The molecule has 0 spiro atoms. The highest BCUT2D eigenvalue weighted by Gasteiger charge is 2.44. The smallest absolute Gasteiger partial charge is 0.417 e. The Morgan fingerprint density at radius 1 is 0.805 bits per heavy atom. The number of carboxylic acids is 1. The zero-order chi connectivity index (χ0) is 31.0. The van der Waals surface area contributed by atoms with Gasteiger partial charge in [-0.25, -0.2) is 19.3 Å². The lowest BCUT2D eigenvalue weighted by atomic mass is 10.0. The van der Waals surface area contributed by atoms with Gasteiger partial charge in [0, 0.05) is 18.7 Å². The Balaban J connectivity index is 2.64. The number of amides is 3. The van der Waals surface area contributed by atoms with Crippen molar-refractivity contribution in [2.24, 2.45) is 0 Å². The summed E-state index contributed by atoms with van der Waals surface area (Å²) in [6, 6.07) is 11.8. The molecule has 10 nitrogen and oxygen atoms in total. The molecule has 0 aromatic heterocycles. The van der Waals surface area contributed by atoms with E-state index in [-0.39, 0.29) is 24.5 Å². The maximum absolute atomic E-state index is 14.3. The largest absolute Gasteiger partial charge is 0.508 e. The van der Waals surface area contributed by atoms with Crippen LogP contribution in [0, 0.1) is 0 Å². The zero-order valence-corrected chi connectivity index (χ0v) is 25.4. The summed E-state index contributed by atoms with van der Waals surface area (Å²) in [6.45, 7) is 9.87. The standard InChI is InChI=1S/C30H40N2O8S/c1-29(2,3)39-27(37)31(18-21-11-9-8-10-12-21)24(19-41-7)25(34)32(28(38)40-30(4,5)6)23(26(35)36)17-20-13-15-22(33)16-14-20/h8-16,23-24,33H,17-19H2,1-7H3,(H,35,36)/t23-,24-/m0/s1. The van der Waals surface area contributed by atoms with Crippen LogP contribution in [-0.2, 0) is 32.0 Å². The predicted octanol–water partition coefficient (Wildman–Crippen LogP) is 5.32. The van der Waals surface area contributed by atoms with Gasteiger partial charge < -0.3 is 19.7 Å². The van der Waals surface area contributed by atoms with Crippen LogP contribution in [-0.4, -0.2) is 79.4 Å². The minimum Gasteiger partial charge on any atom is -0.508 e. The molecule has 2 atom stereocenters. The van der Waals surface area contributed by atoms with Crippen LogP contribution >= 0.6 is 11.8 Å². The molecular weight excluding hydrogens is 548 g/mol. The van der Waals surface area contributed by atoms with Gasteiger partial charge in [0.15, 0.2) is 0 Å². The van der Waals surface area contributed by atoms with Crippen molar-refractivity contribution in [3.05, 3.63) is 65.7 Å². The topological polar surface area (TPSA) is 134 Å². The van der Waals surface area contributed by atoms with Crippen molar-refractivity contribution in [2.45, 2.75) is 77.8 Å². The van der Waals surface area contributed by atoms with Crippen LogP contribution in [0.3, 0.4) is 0 Å².